The van der Waals surface area contributed by atoms with Gasteiger partial charge < -0.3 is 11.5 Å². The van der Waals surface area contributed by atoms with E-state index in [4.69, 9.17) is 11.5 Å². The number of rotatable bonds is 19. The lowest BCUT2D eigenvalue weighted by molar-refractivity contribution is -0.113. The van der Waals surface area contributed by atoms with Gasteiger partial charge in [-0.05, 0) is 157 Å². The van der Waals surface area contributed by atoms with Crippen LogP contribution < -0.4 is 11.5 Å². The molecule has 0 spiro atoms. The molecule has 69 heavy (non-hydrogen) atoms. The van der Waals surface area contributed by atoms with E-state index in [2.05, 4.69) is 180 Å². The number of aryl methyl sites for hydroxylation is 3. The van der Waals surface area contributed by atoms with Gasteiger partial charge in [-0.3, -0.25) is 4.79 Å². The highest BCUT2D eigenvalue weighted by atomic mass is 16.1. The Balaban J connectivity index is -0.000000408. The number of hydrogen-bond donors (Lipinski definition) is 2. The Kier molecular flexibility index (Phi) is 47.2. The zero-order valence-corrected chi connectivity index (χ0v) is 47.4. The van der Waals surface area contributed by atoms with Gasteiger partial charge >= 0.3 is 0 Å². The summed E-state index contributed by atoms with van der Waals surface area (Å²) in [5.74, 6) is 0.631. The van der Waals surface area contributed by atoms with E-state index in [9.17, 15) is 4.79 Å². The number of Topliss-reactive ketones (excluding diaryl/α,β-unsaturated/α-hetero) is 1. The first-order valence-corrected chi connectivity index (χ1v) is 26.2. The fourth-order valence-electron chi connectivity index (χ4n) is 6.78. The van der Waals surface area contributed by atoms with Gasteiger partial charge in [0.25, 0.3) is 0 Å². The summed E-state index contributed by atoms with van der Waals surface area (Å²) in [7, 11) is 0. The molecule has 0 radical (unpaired) electrons. The number of ketones is 1. The summed E-state index contributed by atoms with van der Waals surface area (Å²) in [6, 6.07) is 22.9. The van der Waals surface area contributed by atoms with Gasteiger partial charge in [0.2, 0.25) is 0 Å². The number of anilines is 1. The van der Waals surface area contributed by atoms with Crippen LogP contribution >= 0.6 is 0 Å². The van der Waals surface area contributed by atoms with Crippen LogP contribution in [0.3, 0.4) is 0 Å². The summed E-state index contributed by atoms with van der Waals surface area (Å²) in [5.41, 5.74) is 24.8. The maximum atomic E-state index is 12.7. The predicted octanol–water partition coefficient (Wildman–Crippen LogP) is 20.1. The number of benzene rings is 3. The van der Waals surface area contributed by atoms with Gasteiger partial charge in [-0.1, -0.05) is 209 Å². The first-order valence-electron chi connectivity index (χ1n) is 26.2. The number of terminal acetylenes is 1. The van der Waals surface area contributed by atoms with Crippen molar-refractivity contribution in [2.75, 3.05) is 5.73 Å². The Labute approximate surface area is 428 Å². The molecule has 1 saturated carbocycles. The van der Waals surface area contributed by atoms with Gasteiger partial charge in [0.05, 0.1) is 0 Å². The number of hydrogen-bond acceptors (Lipinski definition) is 3. The van der Waals surface area contributed by atoms with Crippen LogP contribution in [-0.4, -0.2) is 5.78 Å². The Morgan fingerprint density at radius 2 is 1.42 bits per heavy atom. The summed E-state index contributed by atoms with van der Waals surface area (Å²) < 4.78 is 0. The number of unbranched alkanes of at least 4 members (excludes halogenated alkanes) is 2. The summed E-state index contributed by atoms with van der Waals surface area (Å²) >= 11 is 0. The number of nitrogens with two attached hydrogens (primary N) is 2. The minimum Gasteiger partial charge on any atom is -0.402 e. The highest BCUT2D eigenvalue weighted by molar-refractivity contribution is 6.21. The molecule has 3 heteroatoms. The van der Waals surface area contributed by atoms with Crippen molar-refractivity contribution in [3.63, 3.8) is 0 Å². The molecule has 3 nitrogen and oxygen atoms in total. The van der Waals surface area contributed by atoms with Crippen LogP contribution in [0.25, 0.3) is 17.2 Å². The van der Waals surface area contributed by atoms with E-state index in [0.717, 1.165) is 66.5 Å². The summed E-state index contributed by atoms with van der Waals surface area (Å²) in [5, 5.41) is 0. The maximum absolute atomic E-state index is 12.7. The van der Waals surface area contributed by atoms with Gasteiger partial charge in [0, 0.05) is 23.4 Å². The van der Waals surface area contributed by atoms with Crippen molar-refractivity contribution in [1.82, 2.24) is 0 Å². The molecule has 3 aromatic carbocycles. The van der Waals surface area contributed by atoms with Gasteiger partial charge in [0.15, 0.2) is 5.78 Å². The predicted molar refractivity (Wildman–Crippen MR) is 318 cm³/mol. The molecular formula is C66H104N2O. The van der Waals surface area contributed by atoms with Crippen molar-refractivity contribution in [3.05, 3.63) is 167 Å². The minimum atomic E-state index is 0.264. The van der Waals surface area contributed by atoms with Crippen molar-refractivity contribution in [2.45, 2.75) is 194 Å². The third kappa shape index (κ3) is 36.3. The van der Waals surface area contributed by atoms with Crippen molar-refractivity contribution in [1.29, 1.82) is 0 Å². The smallest absolute Gasteiger partial charge is 0.163 e. The van der Waals surface area contributed by atoms with Crippen molar-refractivity contribution in [3.8, 4) is 12.8 Å². The molecule has 384 valence electrons. The number of carbonyl (C=O) groups excluding carboxylic acids is 1. The van der Waals surface area contributed by atoms with E-state index in [1.807, 2.05) is 65.8 Å². The highest BCUT2D eigenvalue weighted by Crippen LogP contribution is 2.48. The molecule has 1 atom stereocenters. The second kappa shape index (κ2) is 46.4. The van der Waals surface area contributed by atoms with E-state index < -0.39 is 0 Å². The molecule has 0 amide bonds. The van der Waals surface area contributed by atoms with Crippen LogP contribution in [0.2, 0.25) is 0 Å². The van der Waals surface area contributed by atoms with Crippen LogP contribution in [0, 0.1) is 38.0 Å². The Morgan fingerprint density at radius 1 is 0.826 bits per heavy atom. The van der Waals surface area contributed by atoms with Crippen molar-refractivity contribution < 1.29 is 4.79 Å². The SMILES string of the molecule is C#C.C/C=C(/C)c1ccccc1CCC.C/C=C(C)\C=C/C/C=C/c1ccc(N)cc1.C=C(N)C(C)CCCCCC(=O)/C(=C/CC)c1ccc(C)cc1C.C=CC.CC.CC.CCCC1(C)CC1. The van der Waals surface area contributed by atoms with Crippen LogP contribution in [0.1, 0.15) is 207 Å². The quantitative estimate of drug-likeness (QED) is 0.0314. The molecule has 0 saturated heterocycles. The van der Waals surface area contributed by atoms with Gasteiger partial charge in [-0.25, -0.2) is 0 Å². The van der Waals surface area contributed by atoms with Crippen molar-refractivity contribution >= 4 is 28.7 Å². The molecule has 1 aliphatic rings. The van der Waals surface area contributed by atoms with Crippen LogP contribution in [0.15, 0.2) is 134 Å². The molecule has 4 rings (SSSR count). The van der Waals surface area contributed by atoms with Gasteiger partial charge in [-0.15, -0.1) is 19.4 Å². The summed E-state index contributed by atoms with van der Waals surface area (Å²) in [6.45, 7) is 40.7. The largest absolute Gasteiger partial charge is 0.402 e. The number of nitrogen functional groups attached to an aromatic ring is 1. The summed E-state index contributed by atoms with van der Waals surface area (Å²) in [4.78, 5) is 12.7. The molecule has 1 unspecified atom stereocenters. The summed E-state index contributed by atoms with van der Waals surface area (Å²) in [6.07, 6.45) is 39.4. The average Bonchev–Trinajstić information content (AvgIpc) is 4.09. The van der Waals surface area contributed by atoms with E-state index in [-0.39, 0.29) is 5.78 Å². The van der Waals surface area contributed by atoms with Crippen LogP contribution in [0.5, 0.6) is 0 Å². The van der Waals surface area contributed by atoms with E-state index >= 15 is 0 Å². The molecule has 3 aromatic rings. The molecule has 1 fully saturated rings. The Bertz CT molecular complexity index is 1940. The minimum absolute atomic E-state index is 0.264. The third-order valence-corrected chi connectivity index (χ3v) is 11.3. The second-order valence-corrected chi connectivity index (χ2v) is 17.4. The fraction of sp³-hybridized carbons (Fsp3) is 0.470. The zero-order valence-electron chi connectivity index (χ0n) is 47.4. The van der Waals surface area contributed by atoms with E-state index in [1.165, 1.54) is 77.5 Å². The zero-order chi connectivity index (χ0) is 53.6. The lowest BCUT2D eigenvalue weighted by atomic mass is 9.92. The second-order valence-electron chi connectivity index (χ2n) is 17.4. The first-order chi connectivity index (χ1) is 33.1. The average molecular weight is 942 g/mol. The lowest BCUT2D eigenvalue weighted by Gasteiger charge is -2.12. The molecule has 0 bridgehead atoms. The first kappa shape index (κ1) is 70.2. The molecule has 1 aliphatic carbocycles. The molecule has 0 heterocycles. The van der Waals surface area contributed by atoms with Gasteiger partial charge in [-0.2, -0.15) is 0 Å². The maximum Gasteiger partial charge on any atom is 0.163 e. The van der Waals surface area contributed by atoms with Gasteiger partial charge in [0.1, 0.15) is 0 Å². The Morgan fingerprint density at radius 3 is 1.90 bits per heavy atom. The molecular weight excluding hydrogens is 837 g/mol. The van der Waals surface area contributed by atoms with Crippen LogP contribution in [0.4, 0.5) is 5.69 Å². The van der Waals surface area contributed by atoms with E-state index in [1.54, 1.807) is 6.08 Å². The normalized spacial score (nSPS) is 12.6. The van der Waals surface area contributed by atoms with Crippen LogP contribution in [-0.2, 0) is 11.2 Å². The molecule has 0 aliphatic heterocycles. The lowest BCUT2D eigenvalue weighted by Crippen LogP contribution is -2.07. The standard InChI is InChI=1S/C22H33NO.C15H19N.C13H18.C7H14.C3H6.2C2H6.C2H2/c1-6-10-21(20-14-13-16(2)15-18(20)4)22(24)12-9-7-8-11-17(3)19(5)23;1-3-13(2)7-5-4-6-8-14-9-11-15(16)12-10-14;1-4-8-12-9-6-7-10-13(12)11(3)5-2;1-3-4-7(2)5-6-7;1-3-2;3*1-2/h10,13-15,17H,5-9,11-12,23H2,1-4H3;3,5-12H,4,16H2,1-2H3;5-7,9-10H,4,8H2,1-3H3;3-6H2,1-2H3;3H,1H2,2H3;2*1-2H3;1-2H/b21-10+;7-5-,8-6+,13-3-;11-5-;;;;;. The monoisotopic (exact) mass is 941 g/mol. The third-order valence-electron chi connectivity index (χ3n) is 11.3. The highest BCUT2D eigenvalue weighted by Gasteiger charge is 2.35. The number of carbonyl (C=O) groups is 1. The molecule has 4 N–H and O–H groups in total. The van der Waals surface area contributed by atoms with Crippen molar-refractivity contribution in [2.24, 2.45) is 17.1 Å². The van der Waals surface area contributed by atoms with E-state index in [0.29, 0.717) is 12.3 Å². The fourth-order valence-corrected chi connectivity index (χ4v) is 6.78. The molecule has 0 aromatic heterocycles. The Hall–Kier alpha value is -5.33. The topological polar surface area (TPSA) is 69.1 Å². The number of allylic oxidation sites excluding steroid dienone is 11.